The van der Waals surface area contributed by atoms with Gasteiger partial charge in [-0.25, -0.2) is 0 Å². The molecule has 1 fully saturated rings. The average molecular weight is 516 g/mol. The molecule has 0 spiro atoms. The molecule has 2 aliphatic rings. The second kappa shape index (κ2) is 11.2. The number of aliphatic hydroxyl groups excluding tert-OH is 1. The molecule has 0 radical (unpaired) electrons. The number of nitrogens with zero attached hydrogens (tertiary/aromatic N) is 3. The van der Waals surface area contributed by atoms with E-state index in [1.807, 2.05) is 49.4 Å². The number of imide groups is 1. The smallest absolute Gasteiger partial charge is 0.261 e. The van der Waals surface area contributed by atoms with Crippen LogP contribution < -0.4 is 4.74 Å². The molecule has 1 atom stereocenters. The van der Waals surface area contributed by atoms with Gasteiger partial charge in [-0.2, -0.15) is 0 Å². The number of carbonyl (C=O) groups is 2. The third kappa shape index (κ3) is 5.46. The van der Waals surface area contributed by atoms with E-state index < -0.39 is 6.10 Å². The zero-order valence-corrected chi connectivity index (χ0v) is 22.5. The summed E-state index contributed by atoms with van der Waals surface area (Å²) in [6.07, 6.45) is -0.576. The van der Waals surface area contributed by atoms with E-state index >= 15 is 0 Å². The first-order valence-corrected chi connectivity index (χ1v) is 13.6. The summed E-state index contributed by atoms with van der Waals surface area (Å²) in [6.45, 7) is 11.4. The van der Waals surface area contributed by atoms with Crippen molar-refractivity contribution in [3.05, 3.63) is 76.9 Å². The van der Waals surface area contributed by atoms with Gasteiger partial charge in [0.1, 0.15) is 18.5 Å². The third-order valence-electron chi connectivity index (χ3n) is 7.65. The van der Waals surface area contributed by atoms with Gasteiger partial charge in [0.15, 0.2) is 0 Å². The predicted molar refractivity (Wildman–Crippen MR) is 149 cm³/mol. The van der Waals surface area contributed by atoms with E-state index in [4.69, 9.17) is 4.74 Å². The number of amides is 2. The summed E-state index contributed by atoms with van der Waals surface area (Å²) in [5, 5.41) is 12.3. The first-order valence-electron chi connectivity index (χ1n) is 13.6. The lowest BCUT2D eigenvalue weighted by Gasteiger charge is -2.36. The zero-order chi connectivity index (χ0) is 26.8. The van der Waals surface area contributed by atoms with Crippen LogP contribution in [0.15, 0.2) is 54.6 Å². The van der Waals surface area contributed by atoms with E-state index in [0.717, 1.165) is 53.8 Å². The molecule has 7 nitrogen and oxygen atoms in total. The van der Waals surface area contributed by atoms with E-state index in [2.05, 4.69) is 35.8 Å². The molecular formula is C31H37N3O4. The number of aryl methyl sites for hydroxylation is 1. The van der Waals surface area contributed by atoms with Gasteiger partial charge >= 0.3 is 0 Å². The molecule has 38 heavy (non-hydrogen) atoms. The van der Waals surface area contributed by atoms with Gasteiger partial charge in [-0.1, -0.05) is 50.2 Å². The molecule has 0 saturated carbocycles. The fourth-order valence-corrected chi connectivity index (χ4v) is 5.50. The number of benzene rings is 3. The van der Waals surface area contributed by atoms with Gasteiger partial charge in [0.25, 0.3) is 11.8 Å². The van der Waals surface area contributed by atoms with Gasteiger partial charge in [-0.3, -0.25) is 24.3 Å². The van der Waals surface area contributed by atoms with Gasteiger partial charge in [-0.05, 0) is 47.6 Å². The highest BCUT2D eigenvalue weighted by Crippen LogP contribution is 2.30. The first kappa shape index (κ1) is 26.4. The van der Waals surface area contributed by atoms with Crippen molar-refractivity contribution in [2.75, 3.05) is 52.4 Å². The zero-order valence-electron chi connectivity index (χ0n) is 22.5. The van der Waals surface area contributed by atoms with Crippen LogP contribution >= 0.6 is 0 Å². The van der Waals surface area contributed by atoms with E-state index in [-0.39, 0.29) is 18.4 Å². The van der Waals surface area contributed by atoms with Crippen molar-refractivity contribution in [3.63, 3.8) is 0 Å². The average Bonchev–Trinajstić information content (AvgIpc) is 2.91. The lowest BCUT2D eigenvalue weighted by Crippen LogP contribution is -2.51. The minimum Gasteiger partial charge on any atom is -0.491 e. The van der Waals surface area contributed by atoms with Crippen LogP contribution in [0, 0.1) is 6.92 Å². The van der Waals surface area contributed by atoms with Crippen LogP contribution in [0.2, 0.25) is 0 Å². The van der Waals surface area contributed by atoms with Gasteiger partial charge in [-0.15, -0.1) is 0 Å². The molecule has 3 aromatic carbocycles. The summed E-state index contributed by atoms with van der Waals surface area (Å²) in [5.74, 6) is 0.782. The number of carbonyl (C=O) groups excluding carboxylic acids is 2. The highest BCUT2D eigenvalue weighted by atomic mass is 16.5. The Balaban J connectivity index is 1.10. The third-order valence-corrected chi connectivity index (χ3v) is 7.65. The standard InChI is InChI=1S/C31H37N3O4/c1-21(2)25-11-10-22(3)18-28(25)38-20-24(35)19-33-14-12-32(13-15-33)16-17-34-30(36)26-8-4-6-23-7-5-9-27(29(23)26)31(34)37/h4-11,18,21,24,35H,12-17,19-20H2,1-3H3/t24-/m1/s1. The van der Waals surface area contributed by atoms with Crippen LogP contribution in [0.4, 0.5) is 0 Å². The molecule has 0 unspecified atom stereocenters. The van der Waals surface area contributed by atoms with E-state index in [1.54, 1.807) is 0 Å². The first-order chi connectivity index (χ1) is 18.3. The Morgan fingerprint density at radius 3 is 2.13 bits per heavy atom. The lowest BCUT2D eigenvalue weighted by atomic mass is 9.94. The number of ether oxygens (including phenoxy) is 1. The maximum absolute atomic E-state index is 13.1. The normalized spacial score (nSPS) is 17.4. The summed E-state index contributed by atoms with van der Waals surface area (Å²) in [6, 6.07) is 17.5. The maximum atomic E-state index is 13.1. The van der Waals surface area contributed by atoms with Crippen molar-refractivity contribution in [1.29, 1.82) is 0 Å². The van der Waals surface area contributed by atoms with Crippen molar-refractivity contribution in [3.8, 4) is 5.75 Å². The Morgan fingerprint density at radius 1 is 0.868 bits per heavy atom. The molecular weight excluding hydrogens is 478 g/mol. The fourth-order valence-electron chi connectivity index (χ4n) is 5.50. The summed E-state index contributed by atoms with van der Waals surface area (Å²) in [4.78, 5) is 32.2. The molecule has 3 aromatic rings. The van der Waals surface area contributed by atoms with Crippen LogP contribution in [0.25, 0.3) is 10.8 Å². The number of hydrogen-bond donors (Lipinski definition) is 1. The van der Waals surface area contributed by atoms with Crippen molar-refractivity contribution in [1.82, 2.24) is 14.7 Å². The highest BCUT2D eigenvalue weighted by Gasteiger charge is 2.33. The van der Waals surface area contributed by atoms with E-state index in [1.165, 1.54) is 4.90 Å². The summed E-state index contributed by atoms with van der Waals surface area (Å²) < 4.78 is 6.02. The van der Waals surface area contributed by atoms with Crippen LogP contribution in [0.3, 0.4) is 0 Å². The number of β-amino-alcohol motifs (C(OH)–C–C–N with tert-alkyl or cyclic N) is 1. The van der Waals surface area contributed by atoms with Gasteiger partial charge in [0, 0.05) is 62.3 Å². The number of rotatable bonds is 9. The van der Waals surface area contributed by atoms with E-state index in [9.17, 15) is 14.7 Å². The molecule has 1 saturated heterocycles. The molecule has 5 rings (SSSR count). The second-order valence-electron chi connectivity index (χ2n) is 10.8. The minimum atomic E-state index is -0.576. The SMILES string of the molecule is Cc1ccc(C(C)C)c(OC[C@H](O)CN2CCN(CCN3C(=O)c4cccc5cccc(c45)C3=O)CC2)c1. The topological polar surface area (TPSA) is 73.3 Å². The molecule has 7 heteroatoms. The van der Waals surface area contributed by atoms with Crippen molar-refractivity contribution in [2.24, 2.45) is 0 Å². The monoisotopic (exact) mass is 515 g/mol. The molecule has 0 bridgehead atoms. The van der Waals surface area contributed by atoms with Crippen LogP contribution in [-0.4, -0.2) is 90.1 Å². The Kier molecular flexibility index (Phi) is 7.79. The Bertz CT molecular complexity index is 1280. The molecule has 0 aromatic heterocycles. The largest absolute Gasteiger partial charge is 0.491 e. The van der Waals surface area contributed by atoms with Crippen molar-refractivity contribution in [2.45, 2.75) is 32.8 Å². The Labute approximate surface area is 224 Å². The van der Waals surface area contributed by atoms with Crippen LogP contribution in [0.5, 0.6) is 5.75 Å². The fraction of sp³-hybridized carbons (Fsp3) is 0.419. The van der Waals surface area contributed by atoms with Gasteiger partial charge < -0.3 is 9.84 Å². The van der Waals surface area contributed by atoms with Crippen molar-refractivity contribution < 1.29 is 19.4 Å². The quantitative estimate of drug-likeness (QED) is 0.436. The molecule has 1 N–H and O–H groups in total. The Hall–Kier alpha value is -3.26. The number of hydrogen-bond acceptors (Lipinski definition) is 6. The summed E-state index contributed by atoms with van der Waals surface area (Å²) in [7, 11) is 0. The number of aliphatic hydroxyl groups is 1. The van der Waals surface area contributed by atoms with Crippen molar-refractivity contribution >= 4 is 22.6 Å². The maximum Gasteiger partial charge on any atom is 0.261 e. The molecule has 200 valence electrons. The van der Waals surface area contributed by atoms with Gasteiger partial charge in [0.2, 0.25) is 0 Å². The number of piperazine rings is 1. The molecule has 2 heterocycles. The molecule has 2 amide bonds. The Morgan fingerprint density at radius 2 is 1.50 bits per heavy atom. The molecule has 2 aliphatic heterocycles. The summed E-state index contributed by atoms with van der Waals surface area (Å²) in [5.41, 5.74) is 3.50. The highest BCUT2D eigenvalue weighted by molar-refractivity contribution is 6.25. The lowest BCUT2D eigenvalue weighted by molar-refractivity contribution is 0.0414. The predicted octanol–water partition coefficient (Wildman–Crippen LogP) is 3.93. The van der Waals surface area contributed by atoms with E-state index in [0.29, 0.717) is 36.7 Å². The minimum absolute atomic E-state index is 0.213. The van der Waals surface area contributed by atoms with Crippen LogP contribution in [0.1, 0.15) is 51.6 Å². The second-order valence-corrected chi connectivity index (χ2v) is 10.8. The molecule has 0 aliphatic carbocycles. The summed E-state index contributed by atoms with van der Waals surface area (Å²) >= 11 is 0. The van der Waals surface area contributed by atoms with Gasteiger partial charge in [0.05, 0.1) is 0 Å². The van der Waals surface area contributed by atoms with Crippen LogP contribution in [-0.2, 0) is 0 Å².